The average molecular weight is 300 g/mol. The van der Waals surface area contributed by atoms with E-state index in [1.807, 2.05) is 6.07 Å². The molecule has 0 aliphatic carbocycles. The predicted octanol–water partition coefficient (Wildman–Crippen LogP) is 3.05. The number of nitriles is 1. The van der Waals surface area contributed by atoms with E-state index in [2.05, 4.69) is 4.98 Å². The third-order valence-electron chi connectivity index (χ3n) is 3.03. The molecular weight excluding hydrogens is 293 g/mol. The first-order valence-electron chi connectivity index (χ1n) is 5.97. The summed E-state index contributed by atoms with van der Waals surface area (Å²) in [5.41, 5.74) is 0.391. The maximum atomic E-state index is 13.5. The van der Waals surface area contributed by atoms with E-state index in [1.165, 1.54) is 12.4 Å². The van der Waals surface area contributed by atoms with E-state index in [1.54, 1.807) is 18.2 Å². The number of aromatic nitrogens is 2. The van der Waals surface area contributed by atoms with Crippen molar-refractivity contribution < 1.29 is 4.39 Å². The molecule has 0 N–H and O–H groups in total. The molecule has 0 aliphatic rings. The molecule has 2 aromatic carbocycles. The molecule has 4 nitrogen and oxygen atoms in total. The molecule has 0 saturated carbocycles. The Balaban J connectivity index is 2.34. The summed E-state index contributed by atoms with van der Waals surface area (Å²) in [4.78, 5) is 16.6. The Labute approximate surface area is 123 Å². The number of fused-ring (bicyclic) bond motifs is 1. The molecule has 0 saturated heterocycles. The maximum absolute atomic E-state index is 13.5. The summed E-state index contributed by atoms with van der Waals surface area (Å²) in [6.07, 6.45) is 1.29. The molecule has 0 amide bonds. The second-order valence-corrected chi connectivity index (χ2v) is 4.77. The van der Waals surface area contributed by atoms with Gasteiger partial charge in [0.25, 0.3) is 5.56 Å². The van der Waals surface area contributed by atoms with Crippen LogP contribution in [0.2, 0.25) is 5.02 Å². The quantitative estimate of drug-likeness (QED) is 0.694. The predicted molar refractivity (Wildman–Crippen MR) is 77.0 cm³/mol. The highest BCUT2D eigenvalue weighted by atomic mass is 35.5. The van der Waals surface area contributed by atoms with Crippen molar-refractivity contribution >= 4 is 22.5 Å². The van der Waals surface area contributed by atoms with Crippen LogP contribution in [0.4, 0.5) is 4.39 Å². The minimum absolute atomic E-state index is 0.121. The molecule has 3 aromatic rings. The SMILES string of the molecule is N#Cc1cc(F)cc(-n2cnc3cccc(Cl)c3c2=O)c1. The van der Waals surface area contributed by atoms with Crippen molar-refractivity contribution in [3.05, 3.63) is 69.5 Å². The van der Waals surface area contributed by atoms with Crippen molar-refractivity contribution in [3.8, 4) is 11.8 Å². The van der Waals surface area contributed by atoms with E-state index in [-0.39, 0.29) is 21.7 Å². The molecule has 0 unspecified atom stereocenters. The summed E-state index contributed by atoms with van der Waals surface area (Å²) in [7, 11) is 0. The number of benzene rings is 2. The Bertz CT molecular complexity index is 959. The number of hydrogen-bond donors (Lipinski definition) is 0. The van der Waals surface area contributed by atoms with Crippen LogP contribution in [0.1, 0.15) is 5.56 Å². The molecule has 21 heavy (non-hydrogen) atoms. The first-order valence-corrected chi connectivity index (χ1v) is 6.35. The smallest absolute Gasteiger partial charge is 0.267 e. The number of halogens is 2. The van der Waals surface area contributed by atoms with Crippen LogP contribution in [0.15, 0.2) is 47.5 Å². The van der Waals surface area contributed by atoms with Crippen molar-refractivity contribution in [3.63, 3.8) is 0 Å². The van der Waals surface area contributed by atoms with Crippen molar-refractivity contribution in [2.24, 2.45) is 0 Å². The average Bonchev–Trinajstić information content (AvgIpc) is 2.47. The van der Waals surface area contributed by atoms with Crippen molar-refractivity contribution in [2.75, 3.05) is 0 Å². The standard InChI is InChI=1S/C15H7ClFN3O/c16-12-2-1-3-13-14(12)15(21)20(8-19-13)11-5-9(7-18)4-10(17)6-11/h1-6,8H. The van der Waals surface area contributed by atoms with Crippen LogP contribution in [0.3, 0.4) is 0 Å². The molecule has 3 rings (SSSR count). The van der Waals surface area contributed by atoms with Gasteiger partial charge in [0.15, 0.2) is 0 Å². The fraction of sp³-hybridized carbons (Fsp3) is 0. The van der Waals surface area contributed by atoms with E-state index >= 15 is 0 Å². The Hall–Kier alpha value is -2.71. The van der Waals surface area contributed by atoms with Gasteiger partial charge in [0.05, 0.1) is 33.2 Å². The van der Waals surface area contributed by atoms with Gasteiger partial charge in [-0.3, -0.25) is 9.36 Å². The van der Waals surface area contributed by atoms with Gasteiger partial charge in [-0.15, -0.1) is 0 Å². The zero-order chi connectivity index (χ0) is 15.0. The van der Waals surface area contributed by atoms with Crippen molar-refractivity contribution in [2.45, 2.75) is 0 Å². The van der Waals surface area contributed by atoms with Crippen LogP contribution in [0.25, 0.3) is 16.6 Å². The molecule has 1 heterocycles. The Kier molecular flexibility index (Phi) is 3.16. The van der Waals surface area contributed by atoms with Gasteiger partial charge in [0, 0.05) is 0 Å². The minimum Gasteiger partial charge on any atom is -0.268 e. The van der Waals surface area contributed by atoms with Gasteiger partial charge in [0.1, 0.15) is 12.1 Å². The van der Waals surface area contributed by atoms with Gasteiger partial charge in [0.2, 0.25) is 0 Å². The molecule has 1 aromatic heterocycles. The summed E-state index contributed by atoms with van der Waals surface area (Å²) in [6, 6.07) is 10.5. The normalized spacial score (nSPS) is 10.5. The van der Waals surface area contributed by atoms with E-state index in [4.69, 9.17) is 16.9 Å². The van der Waals surface area contributed by atoms with Gasteiger partial charge < -0.3 is 0 Å². The molecule has 6 heteroatoms. The van der Waals surface area contributed by atoms with Crippen LogP contribution in [0.5, 0.6) is 0 Å². The highest BCUT2D eigenvalue weighted by molar-refractivity contribution is 6.35. The first-order chi connectivity index (χ1) is 10.1. The maximum Gasteiger partial charge on any atom is 0.267 e. The zero-order valence-electron chi connectivity index (χ0n) is 10.5. The summed E-state index contributed by atoms with van der Waals surface area (Å²) >= 11 is 6.03. The van der Waals surface area contributed by atoms with Crippen LogP contribution >= 0.6 is 11.6 Å². The van der Waals surface area contributed by atoms with Gasteiger partial charge in [-0.1, -0.05) is 17.7 Å². The third kappa shape index (κ3) is 2.26. The Morgan fingerprint density at radius 2 is 2.10 bits per heavy atom. The van der Waals surface area contributed by atoms with Gasteiger partial charge in [-0.05, 0) is 30.3 Å². The van der Waals surface area contributed by atoms with E-state index in [0.29, 0.717) is 5.52 Å². The number of rotatable bonds is 1. The van der Waals surface area contributed by atoms with Gasteiger partial charge >= 0.3 is 0 Å². The van der Waals surface area contributed by atoms with Crippen LogP contribution in [0, 0.1) is 17.1 Å². The molecule has 0 atom stereocenters. The topological polar surface area (TPSA) is 58.7 Å². The molecule has 0 spiro atoms. The fourth-order valence-electron chi connectivity index (χ4n) is 2.09. The molecule has 0 radical (unpaired) electrons. The lowest BCUT2D eigenvalue weighted by atomic mass is 10.2. The fourth-order valence-corrected chi connectivity index (χ4v) is 2.34. The van der Waals surface area contributed by atoms with Crippen LogP contribution in [-0.4, -0.2) is 9.55 Å². The summed E-state index contributed by atoms with van der Waals surface area (Å²) in [6.45, 7) is 0. The van der Waals surface area contributed by atoms with Crippen molar-refractivity contribution in [1.29, 1.82) is 5.26 Å². The second kappa shape index (κ2) is 5.00. The van der Waals surface area contributed by atoms with Gasteiger partial charge in [-0.2, -0.15) is 5.26 Å². The molecule has 0 bridgehead atoms. The summed E-state index contributed by atoms with van der Waals surface area (Å²) < 4.78 is 14.7. The molecule has 102 valence electrons. The van der Waals surface area contributed by atoms with Crippen LogP contribution < -0.4 is 5.56 Å². The highest BCUT2D eigenvalue weighted by Crippen LogP contribution is 2.19. The summed E-state index contributed by atoms with van der Waals surface area (Å²) in [5, 5.41) is 9.41. The lowest BCUT2D eigenvalue weighted by Gasteiger charge is -2.08. The highest BCUT2D eigenvalue weighted by Gasteiger charge is 2.10. The molecule has 0 aliphatic heterocycles. The Morgan fingerprint density at radius 1 is 1.29 bits per heavy atom. The Morgan fingerprint density at radius 3 is 2.86 bits per heavy atom. The molecular formula is C15H7ClFN3O. The zero-order valence-corrected chi connectivity index (χ0v) is 11.3. The third-order valence-corrected chi connectivity index (χ3v) is 3.34. The van der Waals surface area contributed by atoms with Gasteiger partial charge in [-0.25, -0.2) is 9.37 Å². The van der Waals surface area contributed by atoms with E-state index in [9.17, 15) is 9.18 Å². The lowest BCUT2D eigenvalue weighted by molar-refractivity contribution is 0.625. The van der Waals surface area contributed by atoms with Crippen LogP contribution in [-0.2, 0) is 0 Å². The van der Waals surface area contributed by atoms with E-state index in [0.717, 1.165) is 16.7 Å². The number of nitrogens with zero attached hydrogens (tertiary/aromatic N) is 3. The first kappa shape index (κ1) is 13.3. The molecule has 0 fully saturated rings. The lowest BCUT2D eigenvalue weighted by Crippen LogP contribution is -2.19. The minimum atomic E-state index is -0.602. The number of hydrogen-bond acceptors (Lipinski definition) is 3. The monoisotopic (exact) mass is 299 g/mol. The second-order valence-electron chi connectivity index (χ2n) is 4.36. The largest absolute Gasteiger partial charge is 0.268 e. The van der Waals surface area contributed by atoms with Crippen molar-refractivity contribution in [1.82, 2.24) is 9.55 Å². The van der Waals surface area contributed by atoms with E-state index < -0.39 is 11.4 Å². The summed E-state index contributed by atoms with van der Waals surface area (Å²) in [5.74, 6) is -0.602.